The summed E-state index contributed by atoms with van der Waals surface area (Å²) in [4.78, 5) is 14.7. The Kier molecular flexibility index (Phi) is 2.66. The predicted octanol–water partition coefficient (Wildman–Crippen LogP) is 1.21. The first-order valence-electron chi connectivity index (χ1n) is 5.88. The minimum absolute atomic E-state index is 0.279. The molecule has 0 atom stereocenters. The average Bonchev–Trinajstić information content (AvgIpc) is 2.76. The summed E-state index contributed by atoms with van der Waals surface area (Å²) in [5.41, 5.74) is 1.51. The Morgan fingerprint density at radius 1 is 1.33 bits per heavy atom. The van der Waals surface area contributed by atoms with Gasteiger partial charge in [0.15, 0.2) is 0 Å². The third-order valence-corrected chi connectivity index (χ3v) is 4.14. The first kappa shape index (κ1) is 13.4. The van der Waals surface area contributed by atoms with Crippen LogP contribution in [0.1, 0.15) is 11.1 Å². The van der Waals surface area contributed by atoms with E-state index in [4.69, 9.17) is 4.55 Å². The first-order valence-corrected chi connectivity index (χ1v) is 7.32. The number of rotatable bonds is 1. The van der Waals surface area contributed by atoms with E-state index in [1.165, 1.54) is 28.7 Å². The summed E-state index contributed by atoms with van der Waals surface area (Å²) in [6.45, 7) is 1.65. The molecule has 2 N–H and O–H groups in total. The van der Waals surface area contributed by atoms with E-state index < -0.39 is 10.1 Å². The zero-order chi connectivity index (χ0) is 15.4. The molecule has 0 aliphatic carbocycles. The number of aromatic amines is 1. The van der Waals surface area contributed by atoms with Gasteiger partial charge in [-0.2, -0.15) is 13.7 Å². The molecule has 0 bridgehead atoms. The molecule has 0 amide bonds. The van der Waals surface area contributed by atoms with Gasteiger partial charge in [-0.1, -0.05) is 0 Å². The number of hydrogen-bond donors (Lipinski definition) is 2. The molecule has 2 heterocycles. The van der Waals surface area contributed by atoms with E-state index in [0.29, 0.717) is 22.3 Å². The monoisotopic (exact) mass is 303 g/mol. The van der Waals surface area contributed by atoms with Crippen molar-refractivity contribution in [2.45, 2.75) is 11.8 Å². The quantitative estimate of drug-likeness (QED) is 0.655. The first-order chi connectivity index (χ1) is 9.82. The Balaban J connectivity index is 2.58. The number of pyridine rings is 1. The van der Waals surface area contributed by atoms with Crippen LogP contribution in [-0.4, -0.2) is 22.4 Å². The zero-order valence-corrected chi connectivity index (χ0v) is 11.6. The van der Waals surface area contributed by atoms with Crippen molar-refractivity contribution in [3.05, 3.63) is 45.7 Å². The molecule has 3 aromatic rings. The Bertz CT molecular complexity index is 1100. The van der Waals surface area contributed by atoms with Crippen molar-refractivity contribution in [3.8, 4) is 6.07 Å². The predicted molar refractivity (Wildman–Crippen MR) is 74.8 cm³/mol. The van der Waals surface area contributed by atoms with Crippen molar-refractivity contribution in [1.82, 2.24) is 9.38 Å². The molecule has 0 fully saturated rings. The highest BCUT2D eigenvalue weighted by molar-refractivity contribution is 7.85. The normalized spacial score (nSPS) is 11.9. The molecule has 0 saturated carbocycles. The van der Waals surface area contributed by atoms with Gasteiger partial charge in [-0.05, 0) is 30.7 Å². The molecule has 0 radical (unpaired) electrons. The van der Waals surface area contributed by atoms with E-state index in [-0.39, 0.29) is 16.0 Å². The maximum absolute atomic E-state index is 12.1. The number of fused-ring (bicyclic) bond motifs is 3. The molecule has 8 heteroatoms. The molecule has 0 saturated heterocycles. The Labute approximate surface area is 118 Å². The highest BCUT2D eigenvalue weighted by Crippen LogP contribution is 2.22. The standard InChI is InChI=1S/C13H9N3O4S/c1-7-4-12(17)16-11-5-8(21(18,19)20)2-3-10(11)15-13(16)9(7)6-14/h2-5,15H,1H3,(H,18,19,20). The van der Waals surface area contributed by atoms with Crippen molar-refractivity contribution in [2.75, 3.05) is 0 Å². The fraction of sp³-hybridized carbons (Fsp3) is 0.0769. The number of nitrogens with zero attached hydrogens (tertiary/aromatic N) is 2. The van der Waals surface area contributed by atoms with Gasteiger partial charge in [0.2, 0.25) is 0 Å². The van der Waals surface area contributed by atoms with Crippen molar-refractivity contribution >= 4 is 26.8 Å². The van der Waals surface area contributed by atoms with Crippen LogP contribution in [0, 0.1) is 18.3 Å². The fourth-order valence-corrected chi connectivity index (χ4v) is 2.82. The Morgan fingerprint density at radius 3 is 2.67 bits per heavy atom. The van der Waals surface area contributed by atoms with Gasteiger partial charge in [-0.25, -0.2) is 0 Å². The third-order valence-electron chi connectivity index (χ3n) is 3.29. The van der Waals surface area contributed by atoms with Gasteiger partial charge in [0, 0.05) is 6.07 Å². The molecule has 0 unspecified atom stereocenters. The lowest BCUT2D eigenvalue weighted by Gasteiger charge is -2.00. The molecule has 1 aromatic carbocycles. The van der Waals surface area contributed by atoms with Gasteiger partial charge in [-0.3, -0.25) is 13.7 Å². The minimum atomic E-state index is -4.37. The number of hydrogen-bond acceptors (Lipinski definition) is 4. The average molecular weight is 303 g/mol. The van der Waals surface area contributed by atoms with Gasteiger partial charge in [0.25, 0.3) is 15.7 Å². The number of nitrogens with one attached hydrogen (secondary N) is 1. The van der Waals surface area contributed by atoms with Crippen LogP contribution < -0.4 is 5.56 Å². The number of aryl methyl sites for hydroxylation is 1. The van der Waals surface area contributed by atoms with E-state index in [2.05, 4.69) is 4.98 Å². The molecule has 0 spiro atoms. The van der Waals surface area contributed by atoms with Crippen LogP contribution in [0.3, 0.4) is 0 Å². The summed E-state index contributed by atoms with van der Waals surface area (Å²) in [6.07, 6.45) is 0. The summed E-state index contributed by atoms with van der Waals surface area (Å²) in [5.74, 6) is 0. The van der Waals surface area contributed by atoms with E-state index >= 15 is 0 Å². The van der Waals surface area contributed by atoms with Crippen LogP contribution in [0.25, 0.3) is 16.7 Å². The SMILES string of the molecule is Cc1cc(=O)n2c([nH]c3ccc(S(=O)(=O)O)cc32)c1C#N. The lowest BCUT2D eigenvalue weighted by molar-refractivity contribution is 0.483. The van der Waals surface area contributed by atoms with Crippen molar-refractivity contribution < 1.29 is 13.0 Å². The second-order valence-corrected chi connectivity index (χ2v) is 6.04. The molecule has 2 aromatic heterocycles. The van der Waals surface area contributed by atoms with Crippen LogP contribution >= 0.6 is 0 Å². The Hall–Kier alpha value is -2.63. The molecule has 0 aliphatic heterocycles. The summed E-state index contributed by atoms with van der Waals surface area (Å²) in [6, 6.07) is 7.15. The lowest BCUT2D eigenvalue weighted by atomic mass is 10.2. The van der Waals surface area contributed by atoms with Crippen molar-refractivity contribution in [1.29, 1.82) is 5.26 Å². The second kappa shape index (κ2) is 4.18. The van der Waals surface area contributed by atoms with Crippen molar-refractivity contribution in [3.63, 3.8) is 0 Å². The van der Waals surface area contributed by atoms with Crippen LogP contribution in [0.5, 0.6) is 0 Å². The molecular formula is C13H9N3O4S. The van der Waals surface area contributed by atoms with E-state index in [1.807, 2.05) is 6.07 Å². The maximum atomic E-state index is 12.1. The zero-order valence-electron chi connectivity index (χ0n) is 10.8. The van der Waals surface area contributed by atoms with Gasteiger partial charge >= 0.3 is 0 Å². The highest BCUT2D eigenvalue weighted by Gasteiger charge is 2.16. The molecule has 3 rings (SSSR count). The third kappa shape index (κ3) is 1.91. The van der Waals surface area contributed by atoms with Crippen LogP contribution in [-0.2, 0) is 10.1 Å². The Morgan fingerprint density at radius 2 is 2.05 bits per heavy atom. The van der Waals surface area contributed by atoms with Crippen LogP contribution in [0.15, 0.2) is 34.0 Å². The number of aromatic nitrogens is 2. The minimum Gasteiger partial charge on any atom is -0.338 e. The number of imidazole rings is 1. The summed E-state index contributed by atoms with van der Waals surface area (Å²) >= 11 is 0. The largest absolute Gasteiger partial charge is 0.338 e. The summed E-state index contributed by atoms with van der Waals surface area (Å²) < 4.78 is 32.7. The topological polar surface area (TPSA) is 115 Å². The van der Waals surface area contributed by atoms with Crippen LogP contribution in [0.4, 0.5) is 0 Å². The second-order valence-electron chi connectivity index (χ2n) is 4.62. The van der Waals surface area contributed by atoms with E-state index in [1.54, 1.807) is 6.92 Å². The van der Waals surface area contributed by atoms with Crippen molar-refractivity contribution in [2.24, 2.45) is 0 Å². The molecule has 0 aliphatic rings. The maximum Gasteiger partial charge on any atom is 0.294 e. The fourth-order valence-electron chi connectivity index (χ4n) is 2.32. The molecule has 106 valence electrons. The van der Waals surface area contributed by atoms with E-state index in [9.17, 15) is 18.5 Å². The number of benzene rings is 1. The summed E-state index contributed by atoms with van der Waals surface area (Å²) in [7, 11) is -4.37. The number of H-pyrrole nitrogens is 1. The van der Waals surface area contributed by atoms with E-state index in [0.717, 1.165) is 0 Å². The summed E-state index contributed by atoms with van der Waals surface area (Å²) in [5, 5.41) is 9.20. The smallest absolute Gasteiger partial charge is 0.294 e. The van der Waals surface area contributed by atoms with Gasteiger partial charge in [0.1, 0.15) is 11.7 Å². The highest BCUT2D eigenvalue weighted by atomic mass is 32.2. The molecular weight excluding hydrogens is 294 g/mol. The number of nitriles is 1. The van der Waals surface area contributed by atoms with Gasteiger partial charge in [0.05, 0.1) is 21.5 Å². The lowest BCUT2D eigenvalue weighted by Crippen LogP contribution is -2.13. The molecule has 7 nitrogen and oxygen atoms in total. The van der Waals surface area contributed by atoms with Crippen LogP contribution in [0.2, 0.25) is 0 Å². The van der Waals surface area contributed by atoms with Gasteiger partial charge in [-0.15, -0.1) is 0 Å². The van der Waals surface area contributed by atoms with Gasteiger partial charge < -0.3 is 4.98 Å². The molecule has 21 heavy (non-hydrogen) atoms.